The molecule has 0 bridgehead atoms. The molecule has 1 heterocycles. The molecular formula is C16H21N5O2. The summed E-state index contributed by atoms with van der Waals surface area (Å²) in [6.45, 7) is 4.00. The Morgan fingerprint density at radius 3 is 2.13 bits per heavy atom. The van der Waals surface area contributed by atoms with Gasteiger partial charge in [-0.15, -0.1) is 0 Å². The highest BCUT2D eigenvalue weighted by molar-refractivity contribution is 5.96. The maximum Gasteiger partial charge on any atom is 0.271 e. The lowest BCUT2D eigenvalue weighted by atomic mass is 10.1. The van der Waals surface area contributed by atoms with Crippen LogP contribution in [0.15, 0.2) is 30.5 Å². The van der Waals surface area contributed by atoms with Crippen LogP contribution in [0.5, 0.6) is 0 Å². The van der Waals surface area contributed by atoms with Gasteiger partial charge >= 0.3 is 0 Å². The van der Waals surface area contributed by atoms with Gasteiger partial charge in [0.2, 0.25) is 0 Å². The first-order chi connectivity index (χ1) is 10.9. The molecule has 122 valence electrons. The Labute approximate surface area is 135 Å². The van der Waals surface area contributed by atoms with Crippen LogP contribution in [0.1, 0.15) is 34.7 Å². The predicted octanol–water partition coefficient (Wildman–Crippen LogP) is 1.55. The average molecular weight is 315 g/mol. The van der Waals surface area contributed by atoms with Gasteiger partial charge in [-0.25, -0.2) is 9.97 Å². The van der Waals surface area contributed by atoms with Crippen LogP contribution < -0.4 is 11.5 Å². The summed E-state index contributed by atoms with van der Waals surface area (Å²) in [6, 6.07) is 6.81. The zero-order valence-electron chi connectivity index (χ0n) is 13.7. The summed E-state index contributed by atoms with van der Waals surface area (Å²) in [4.78, 5) is 32.5. The smallest absolute Gasteiger partial charge is 0.271 e. The molecule has 23 heavy (non-hydrogen) atoms. The fraction of sp³-hybridized carbons (Fsp3) is 0.250. The van der Waals surface area contributed by atoms with E-state index in [2.05, 4.69) is 9.97 Å². The summed E-state index contributed by atoms with van der Waals surface area (Å²) in [5.41, 5.74) is 12.4. The van der Waals surface area contributed by atoms with Crippen LogP contribution in [0.3, 0.4) is 0 Å². The number of hydrogen-bond acceptors (Lipinski definition) is 5. The van der Waals surface area contributed by atoms with Gasteiger partial charge in [0.1, 0.15) is 0 Å². The van der Waals surface area contributed by atoms with Gasteiger partial charge in [0.05, 0.1) is 11.9 Å². The summed E-state index contributed by atoms with van der Waals surface area (Å²) in [5, 5.41) is 0. The molecule has 4 N–H and O–H groups in total. The van der Waals surface area contributed by atoms with E-state index in [1.807, 2.05) is 13.8 Å². The third-order valence-electron chi connectivity index (χ3n) is 2.87. The topological polar surface area (TPSA) is 115 Å². The number of aromatic nitrogens is 2. The third kappa shape index (κ3) is 4.26. The number of anilines is 1. The summed E-state index contributed by atoms with van der Waals surface area (Å²) in [6.07, 6.45) is 1.45. The SMILES string of the molecule is CC.CN(C)C(=O)c1ccc(-c2cnc(N)c(C(N)=O)n2)cc1. The Hall–Kier alpha value is -2.96. The predicted molar refractivity (Wildman–Crippen MR) is 89.8 cm³/mol. The standard InChI is InChI=1S/C14H15N5O2.C2H6/c1-19(2)14(21)9-5-3-8(4-6-9)10-7-17-12(15)11(18-10)13(16)20;1-2/h3-7H,1-2H3,(H2,15,17)(H2,16,20);1-2H3. The number of hydrogen-bond donors (Lipinski definition) is 2. The van der Waals surface area contributed by atoms with Crippen LogP contribution in [0, 0.1) is 0 Å². The molecule has 1 aromatic heterocycles. The number of primary amides is 1. The lowest BCUT2D eigenvalue weighted by molar-refractivity contribution is 0.0827. The van der Waals surface area contributed by atoms with E-state index in [1.165, 1.54) is 11.1 Å². The molecule has 0 saturated heterocycles. The Morgan fingerprint density at radius 1 is 1.09 bits per heavy atom. The molecule has 7 heteroatoms. The van der Waals surface area contributed by atoms with Gasteiger partial charge in [-0.3, -0.25) is 9.59 Å². The minimum atomic E-state index is -0.735. The van der Waals surface area contributed by atoms with E-state index < -0.39 is 5.91 Å². The van der Waals surface area contributed by atoms with Crippen LogP contribution in [-0.4, -0.2) is 40.8 Å². The monoisotopic (exact) mass is 315 g/mol. The van der Waals surface area contributed by atoms with Gasteiger partial charge in [0.25, 0.3) is 11.8 Å². The fourth-order valence-electron chi connectivity index (χ4n) is 1.76. The maximum atomic E-state index is 11.8. The van der Waals surface area contributed by atoms with Crippen molar-refractivity contribution in [2.75, 3.05) is 19.8 Å². The molecule has 1 aromatic carbocycles. The lowest BCUT2D eigenvalue weighted by Gasteiger charge is -2.10. The molecule has 0 atom stereocenters. The Bertz CT molecular complexity index is 696. The molecule has 0 aliphatic rings. The van der Waals surface area contributed by atoms with Crippen LogP contribution in [-0.2, 0) is 0 Å². The molecule has 0 radical (unpaired) electrons. The van der Waals surface area contributed by atoms with E-state index in [-0.39, 0.29) is 17.4 Å². The normalized spacial score (nSPS) is 9.57. The number of benzene rings is 1. The zero-order chi connectivity index (χ0) is 17.6. The molecule has 0 saturated carbocycles. The zero-order valence-corrected chi connectivity index (χ0v) is 13.7. The Morgan fingerprint density at radius 2 is 1.65 bits per heavy atom. The molecule has 2 aromatic rings. The highest BCUT2D eigenvalue weighted by atomic mass is 16.2. The van der Waals surface area contributed by atoms with Crippen molar-refractivity contribution in [2.24, 2.45) is 5.73 Å². The number of rotatable bonds is 3. The number of amides is 2. The van der Waals surface area contributed by atoms with Gasteiger partial charge in [-0.2, -0.15) is 0 Å². The van der Waals surface area contributed by atoms with E-state index in [9.17, 15) is 9.59 Å². The largest absolute Gasteiger partial charge is 0.382 e. The van der Waals surface area contributed by atoms with Crippen molar-refractivity contribution in [2.45, 2.75) is 13.8 Å². The summed E-state index contributed by atoms with van der Waals surface area (Å²) < 4.78 is 0. The van der Waals surface area contributed by atoms with Crippen molar-refractivity contribution in [3.8, 4) is 11.3 Å². The molecular weight excluding hydrogens is 294 g/mol. The fourth-order valence-corrected chi connectivity index (χ4v) is 1.76. The lowest BCUT2D eigenvalue weighted by Crippen LogP contribution is -2.21. The van der Waals surface area contributed by atoms with E-state index in [0.29, 0.717) is 16.8 Å². The van der Waals surface area contributed by atoms with E-state index in [0.717, 1.165) is 0 Å². The Kier molecular flexibility index (Phi) is 6.20. The number of nitrogens with zero attached hydrogens (tertiary/aromatic N) is 3. The minimum absolute atomic E-state index is 0.00865. The summed E-state index contributed by atoms with van der Waals surface area (Å²) >= 11 is 0. The van der Waals surface area contributed by atoms with Gasteiger partial charge < -0.3 is 16.4 Å². The van der Waals surface area contributed by atoms with Gasteiger partial charge in [0, 0.05) is 25.2 Å². The number of nitrogen functional groups attached to an aromatic ring is 1. The van der Waals surface area contributed by atoms with E-state index in [1.54, 1.807) is 38.4 Å². The van der Waals surface area contributed by atoms with Crippen LogP contribution >= 0.6 is 0 Å². The van der Waals surface area contributed by atoms with Crippen molar-refractivity contribution < 1.29 is 9.59 Å². The first-order valence-electron chi connectivity index (χ1n) is 7.14. The van der Waals surface area contributed by atoms with Crippen molar-refractivity contribution in [3.63, 3.8) is 0 Å². The maximum absolute atomic E-state index is 11.8. The number of carbonyl (C=O) groups is 2. The first-order valence-corrected chi connectivity index (χ1v) is 7.14. The average Bonchev–Trinajstić information content (AvgIpc) is 2.56. The molecule has 0 aliphatic heterocycles. The highest BCUT2D eigenvalue weighted by Gasteiger charge is 2.12. The van der Waals surface area contributed by atoms with Crippen molar-refractivity contribution >= 4 is 17.6 Å². The molecule has 0 spiro atoms. The quantitative estimate of drug-likeness (QED) is 0.891. The summed E-state index contributed by atoms with van der Waals surface area (Å²) in [7, 11) is 3.36. The van der Waals surface area contributed by atoms with Crippen LogP contribution in [0.4, 0.5) is 5.82 Å². The molecule has 7 nitrogen and oxygen atoms in total. The van der Waals surface area contributed by atoms with E-state index >= 15 is 0 Å². The second-order valence-electron chi connectivity index (χ2n) is 4.63. The van der Waals surface area contributed by atoms with E-state index in [4.69, 9.17) is 11.5 Å². The van der Waals surface area contributed by atoms with Crippen molar-refractivity contribution in [3.05, 3.63) is 41.7 Å². The molecule has 0 unspecified atom stereocenters. The Balaban J connectivity index is 0.00000127. The molecule has 2 amide bonds. The first kappa shape index (κ1) is 18.1. The van der Waals surface area contributed by atoms with Crippen LogP contribution in [0.25, 0.3) is 11.3 Å². The van der Waals surface area contributed by atoms with Gasteiger partial charge in [-0.05, 0) is 12.1 Å². The molecule has 2 rings (SSSR count). The summed E-state index contributed by atoms with van der Waals surface area (Å²) in [5.74, 6) is -0.838. The second-order valence-corrected chi connectivity index (χ2v) is 4.63. The second kappa shape index (κ2) is 7.88. The number of carbonyl (C=O) groups excluding carboxylic acids is 2. The van der Waals surface area contributed by atoms with Gasteiger partial charge in [-0.1, -0.05) is 26.0 Å². The number of nitrogens with two attached hydrogens (primary N) is 2. The van der Waals surface area contributed by atoms with Crippen molar-refractivity contribution in [1.29, 1.82) is 0 Å². The molecule has 0 fully saturated rings. The van der Waals surface area contributed by atoms with Crippen molar-refractivity contribution in [1.82, 2.24) is 14.9 Å². The molecule has 0 aliphatic carbocycles. The van der Waals surface area contributed by atoms with Gasteiger partial charge in [0.15, 0.2) is 11.5 Å². The third-order valence-corrected chi connectivity index (χ3v) is 2.87. The minimum Gasteiger partial charge on any atom is -0.382 e. The highest BCUT2D eigenvalue weighted by Crippen LogP contribution is 2.19. The van der Waals surface area contributed by atoms with Crippen LogP contribution in [0.2, 0.25) is 0 Å².